The Morgan fingerprint density at radius 1 is 1.36 bits per heavy atom. The van der Waals surface area contributed by atoms with Crippen LogP contribution in [0.5, 0.6) is 0 Å². The molecule has 1 aromatic carbocycles. The van der Waals surface area contributed by atoms with E-state index in [9.17, 15) is 19.7 Å². The summed E-state index contributed by atoms with van der Waals surface area (Å²) in [4.78, 5) is 34.0. The fourth-order valence-corrected chi connectivity index (χ4v) is 2.65. The predicted molar refractivity (Wildman–Crippen MR) is 90.9 cm³/mol. The normalized spacial score (nSPS) is 13.5. The van der Waals surface area contributed by atoms with Gasteiger partial charge in [0.05, 0.1) is 27.7 Å². The summed E-state index contributed by atoms with van der Waals surface area (Å²) < 4.78 is 1.32. The van der Waals surface area contributed by atoms with Crippen molar-refractivity contribution in [2.45, 2.75) is 25.3 Å². The van der Waals surface area contributed by atoms with E-state index in [-0.39, 0.29) is 34.9 Å². The lowest BCUT2D eigenvalue weighted by Crippen LogP contribution is -2.32. The third-order valence-electron chi connectivity index (χ3n) is 3.90. The summed E-state index contributed by atoms with van der Waals surface area (Å²) in [6.45, 7) is 0.420. The minimum Gasteiger partial charge on any atom is -0.350 e. The Bertz CT molecular complexity index is 892. The van der Waals surface area contributed by atoms with E-state index >= 15 is 0 Å². The van der Waals surface area contributed by atoms with Crippen LogP contribution in [0, 0.1) is 10.1 Å². The maximum Gasteiger partial charge on any atom is 0.270 e. The highest BCUT2D eigenvalue weighted by molar-refractivity contribution is 6.34. The zero-order valence-corrected chi connectivity index (χ0v) is 13.9. The quantitative estimate of drug-likeness (QED) is 0.625. The van der Waals surface area contributed by atoms with Gasteiger partial charge in [0.25, 0.3) is 17.2 Å². The zero-order valence-electron chi connectivity index (χ0n) is 13.1. The molecule has 1 aliphatic rings. The molecule has 0 bridgehead atoms. The Kier molecular flexibility index (Phi) is 4.80. The van der Waals surface area contributed by atoms with Gasteiger partial charge in [-0.15, -0.1) is 0 Å². The number of non-ortho nitro benzene ring substituents is 1. The Balaban J connectivity index is 1.62. The molecule has 1 fully saturated rings. The van der Waals surface area contributed by atoms with E-state index in [0.29, 0.717) is 5.92 Å². The van der Waals surface area contributed by atoms with Gasteiger partial charge in [-0.05, 0) is 25.0 Å². The van der Waals surface area contributed by atoms with Gasteiger partial charge < -0.3 is 5.32 Å². The van der Waals surface area contributed by atoms with Crippen LogP contribution in [0.2, 0.25) is 5.02 Å². The molecule has 1 heterocycles. The number of carbonyl (C=O) groups excluding carboxylic acids is 1. The number of nitrogens with zero attached hydrogens (tertiary/aromatic N) is 3. The summed E-state index contributed by atoms with van der Waals surface area (Å²) >= 11 is 5.92. The molecule has 9 heteroatoms. The SMILES string of the molecule is O=C(NCCn1nc(C2CC2)ccc1=O)c1ccc([N+](=O)[O-])cc1Cl. The van der Waals surface area contributed by atoms with Gasteiger partial charge in [-0.1, -0.05) is 11.6 Å². The van der Waals surface area contributed by atoms with E-state index in [2.05, 4.69) is 10.4 Å². The largest absolute Gasteiger partial charge is 0.350 e. The van der Waals surface area contributed by atoms with Gasteiger partial charge in [-0.2, -0.15) is 5.10 Å². The molecular weight excluding hydrogens is 348 g/mol. The maximum atomic E-state index is 12.1. The number of halogens is 1. The fraction of sp³-hybridized carbons (Fsp3) is 0.312. The highest BCUT2D eigenvalue weighted by atomic mass is 35.5. The van der Waals surface area contributed by atoms with E-state index in [0.717, 1.165) is 24.6 Å². The van der Waals surface area contributed by atoms with Crippen LogP contribution >= 0.6 is 11.6 Å². The number of benzene rings is 1. The molecule has 0 saturated heterocycles. The van der Waals surface area contributed by atoms with Crippen molar-refractivity contribution in [1.29, 1.82) is 0 Å². The first-order valence-corrected chi connectivity index (χ1v) is 8.13. The number of nitro groups is 1. The van der Waals surface area contributed by atoms with E-state index < -0.39 is 10.8 Å². The number of nitrogens with one attached hydrogen (secondary N) is 1. The molecule has 1 saturated carbocycles. The van der Waals surface area contributed by atoms with Crippen LogP contribution in [0.4, 0.5) is 5.69 Å². The fourth-order valence-electron chi connectivity index (χ4n) is 2.39. The number of nitro benzene ring substituents is 1. The van der Waals surface area contributed by atoms with Crippen LogP contribution < -0.4 is 10.9 Å². The first-order valence-electron chi connectivity index (χ1n) is 7.76. The van der Waals surface area contributed by atoms with Crippen LogP contribution in [-0.4, -0.2) is 27.2 Å². The van der Waals surface area contributed by atoms with Gasteiger partial charge in [0, 0.05) is 30.7 Å². The van der Waals surface area contributed by atoms with Gasteiger partial charge in [0.2, 0.25) is 0 Å². The Morgan fingerprint density at radius 3 is 2.76 bits per heavy atom. The predicted octanol–water partition coefficient (Wildman–Crippen LogP) is 2.11. The van der Waals surface area contributed by atoms with Gasteiger partial charge in [0.1, 0.15) is 0 Å². The Morgan fingerprint density at radius 2 is 2.12 bits per heavy atom. The molecule has 130 valence electrons. The average molecular weight is 363 g/mol. The summed E-state index contributed by atoms with van der Waals surface area (Å²) in [7, 11) is 0. The Labute approximate surface area is 147 Å². The lowest BCUT2D eigenvalue weighted by Gasteiger charge is -2.09. The number of rotatable bonds is 6. The van der Waals surface area contributed by atoms with Crippen LogP contribution in [0.15, 0.2) is 35.1 Å². The number of aromatic nitrogens is 2. The molecule has 0 radical (unpaired) electrons. The molecule has 1 N–H and O–H groups in total. The second-order valence-electron chi connectivity index (χ2n) is 5.77. The van der Waals surface area contributed by atoms with E-state index in [4.69, 9.17) is 11.6 Å². The van der Waals surface area contributed by atoms with E-state index in [1.54, 1.807) is 6.07 Å². The molecule has 0 spiro atoms. The van der Waals surface area contributed by atoms with Gasteiger partial charge in [0.15, 0.2) is 0 Å². The second-order valence-corrected chi connectivity index (χ2v) is 6.18. The number of hydrogen-bond donors (Lipinski definition) is 1. The van der Waals surface area contributed by atoms with E-state index in [1.165, 1.54) is 22.9 Å². The van der Waals surface area contributed by atoms with Crippen molar-refractivity contribution in [1.82, 2.24) is 15.1 Å². The van der Waals surface area contributed by atoms with Crippen molar-refractivity contribution in [3.63, 3.8) is 0 Å². The molecule has 0 aliphatic heterocycles. The number of hydrogen-bond acceptors (Lipinski definition) is 5. The minimum atomic E-state index is -0.585. The van der Waals surface area contributed by atoms with Gasteiger partial charge in [-0.3, -0.25) is 19.7 Å². The summed E-state index contributed by atoms with van der Waals surface area (Å²) in [5.41, 5.74) is 0.616. The molecule has 1 amide bonds. The molecule has 25 heavy (non-hydrogen) atoms. The van der Waals surface area contributed by atoms with Crippen molar-refractivity contribution in [2.75, 3.05) is 6.54 Å². The topological polar surface area (TPSA) is 107 Å². The molecular formula is C16H15ClN4O4. The van der Waals surface area contributed by atoms with Gasteiger partial charge >= 0.3 is 0 Å². The van der Waals surface area contributed by atoms with Crippen LogP contribution in [0.3, 0.4) is 0 Å². The molecule has 8 nitrogen and oxygen atoms in total. The smallest absolute Gasteiger partial charge is 0.270 e. The molecule has 0 atom stereocenters. The summed E-state index contributed by atoms with van der Waals surface area (Å²) in [6.07, 6.45) is 2.17. The third kappa shape index (κ3) is 4.03. The highest BCUT2D eigenvalue weighted by Gasteiger charge is 2.25. The van der Waals surface area contributed by atoms with Crippen LogP contribution in [0.1, 0.15) is 34.8 Å². The number of amides is 1. The minimum absolute atomic E-state index is 0.00211. The zero-order chi connectivity index (χ0) is 18.0. The van der Waals surface area contributed by atoms with Crippen molar-refractivity contribution >= 4 is 23.2 Å². The molecule has 1 aliphatic carbocycles. The van der Waals surface area contributed by atoms with Crippen molar-refractivity contribution in [3.05, 3.63) is 67.1 Å². The maximum absolute atomic E-state index is 12.1. The highest BCUT2D eigenvalue weighted by Crippen LogP contribution is 2.38. The second kappa shape index (κ2) is 7.02. The average Bonchev–Trinajstić information content (AvgIpc) is 3.41. The number of carbonyl (C=O) groups is 1. The van der Waals surface area contributed by atoms with Crippen molar-refractivity contribution < 1.29 is 9.72 Å². The first kappa shape index (κ1) is 17.1. The molecule has 2 aromatic rings. The molecule has 3 rings (SSSR count). The van der Waals surface area contributed by atoms with Crippen molar-refractivity contribution in [3.8, 4) is 0 Å². The van der Waals surface area contributed by atoms with Crippen LogP contribution in [-0.2, 0) is 6.54 Å². The lowest BCUT2D eigenvalue weighted by atomic mass is 10.2. The standard InChI is InChI=1S/C16H15ClN4O4/c17-13-9-11(21(24)25)3-4-12(13)16(23)18-7-8-20-15(22)6-5-14(19-20)10-1-2-10/h3-6,9-10H,1-2,7-8H2,(H,18,23). The van der Waals surface area contributed by atoms with Crippen LogP contribution in [0.25, 0.3) is 0 Å². The Hall–Kier alpha value is -2.74. The lowest BCUT2D eigenvalue weighted by molar-refractivity contribution is -0.384. The molecule has 0 unspecified atom stereocenters. The molecule has 1 aromatic heterocycles. The first-order chi connectivity index (χ1) is 12.0. The summed E-state index contributed by atoms with van der Waals surface area (Å²) in [5, 5.41) is 17.6. The van der Waals surface area contributed by atoms with Crippen molar-refractivity contribution in [2.24, 2.45) is 0 Å². The summed E-state index contributed by atoms with van der Waals surface area (Å²) in [6, 6.07) is 6.86. The summed E-state index contributed by atoms with van der Waals surface area (Å²) in [5.74, 6) is -0.0355. The third-order valence-corrected chi connectivity index (χ3v) is 4.21. The van der Waals surface area contributed by atoms with E-state index in [1.807, 2.05) is 0 Å². The van der Waals surface area contributed by atoms with Gasteiger partial charge in [-0.25, -0.2) is 4.68 Å². The monoisotopic (exact) mass is 362 g/mol.